The summed E-state index contributed by atoms with van der Waals surface area (Å²) in [4.78, 5) is 38.8. The van der Waals surface area contributed by atoms with Crippen LogP contribution in [0.25, 0.3) is 0 Å². The van der Waals surface area contributed by atoms with E-state index in [1.807, 2.05) is 6.92 Å². The van der Waals surface area contributed by atoms with Gasteiger partial charge in [0.2, 0.25) is 5.78 Å². The predicted molar refractivity (Wildman–Crippen MR) is 87.4 cm³/mol. The summed E-state index contributed by atoms with van der Waals surface area (Å²) in [6, 6.07) is 6.86. The molecule has 0 saturated carbocycles. The zero-order chi connectivity index (χ0) is 17.9. The smallest absolute Gasteiger partial charge is 0.339 e. The summed E-state index contributed by atoms with van der Waals surface area (Å²) in [5.41, 5.74) is 2.98. The van der Waals surface area contributed by atoms with Gasteiger partial charge in [-0.25, -0.2) is 9.59 Å². The van der Waals surface area contributed by atoms with Gasteiger partial charge in [0.25, 0.3) is 0 Å². The number of hydrogen-bond donors (Lipinski definition) is 1. The number of aryl methyl sites for hydroxylation is 2. The predicted octanol–water partition coefficient (Wildman–Crippen LogP) is 2.77. The summed E-state index contributed by atoms with van der Waals surface area (Å²) in [7, 11) is 1.28. The highest BCUT2D eigenvalue weighted by Gasteiger charge is 2.23. The lowest BCUT2D eigenvalue weighted by Crippen LogP contribution is -2.15. The maximum absolute atomic E-state index is 12.3. The number of Topliss-reactive ketones (excluding diaryl/α,β-unsaturated/α-hetero) is 1. The Morgan fingerprint density at radius 2 is 1.62 bits per heavy atom. The van der Waals surface area contributed by atoms with Crippen molar-refractivity contribution in [3.05, 3.63) is 57.9 Å². The molecule has 0 aliphatic carbocycles. The summed E-state index contributed by atoms with van der Waals surface area (Å²) in [6.45, 7) is 4.82. The zero-order valence-electron chi connectivity index (χ0n) is 14.1. The molecule has 0 atom stereocenters. The standard InChI is InChI=1S/C18H19NO5/c1-10-5-7-13(8-6-10)17(21)24-9-14(20)16-11(2)15(12(3)19-16)18(22)23-4/h5-8,19H,9H2,1-4H3. The second kappa shape index (κ2) is 7.12. The molecule has 1 heterocycles. The van der Waals surface area contributed by atoms with Crippen LogP contribution in [0.2, 0.25) is 0 Å². The number of carbonyl (C=O) groups is 3. The molecule has 0 bridgehead atoms. The van der Waals surface area contributed by atoms with E-state index >= 15 is 0 Å². The minimum atomic E-state index is -0.572. The zero-order valence-corrected chi connectivity index (χ0v) is 14.1. The van der Waals surface area contributed by atoms with E-state index in [1.165, 1.54) is 7.11 Å². The first-order chi connectivity index (χ1) is 11.3. The molecule has 24 heavy (non-hydrogen) atoms. The number of H-pyrrole nitrogens is 1. The third-order valence-corrected chi connectivity index (χ3v) is 3.73. The highest BCUT2D eigenvalue weighted by Crippen LogP contribution is 2.19. The van der Waals surface area contributed by atoms with Gasteiger partial charge in [-0.05, 0) is 38.5 Å². The molecule has 1 aromatic carbocycles. The minimum absolute atomic E-state index is 0.240. The van der Waals surface area contributed by atoms with E-state index < -0.39 is 24.3 Å². The first kappa shape index (κ1) is 17.5. The van der Waals surface area contributed by atoms with Crippen LogP contribution in [-0.2, 0) is 9.47 Å². The van der Waals surface area contributed by atoms with Crippen molar-refractivity contribution in [1.29, 1.82) is 0 Å². The molecule has 0 saturated heterocycles. The van der Waals surface area contributed by atoms with Crippen LogP contribution in [0, 0.1) is 20.8 Å². The van der Waals surface area contributed by atoms with E-state index in [9.17, 15) is 14.4 Å². The first-order valence-electron chi connectivity index (χ1n) is 7.39. The Labute approximate surface area is 139 Å². The third kappa shape index (κ3) is 3.53. The van der Waals surface area contributed by atoms with E-state index in [4.69, 9.17) is 9.47 Å². The monoisotopic (exact) mass is 329 g/mol. The van der Waals surface area contributed by atoms with Gasteiger partial charge in [0.1, 0.15) is 0 Å². The fourth-order valence-electron chi connectivity index (χ4n) is 2.41. The minimum Gasteiger partial charge on any atom is -0.465 e. The first-order valence-corrected chi connectivity index (χ1v) is 7.39. The van der Waals surface area contributed by atoms with Gasteiger partial charge >= 0.3 is 11.9 Å². The Morgan fingerprint density at radius 3 is 2.21 bits per heavy atom. The molecule has 2 rings (SSSR count). The van der Waals surface area contributed by atoms with Crippen molar-refractivity contribution < 1.29 is 23.9 Å². The molecule has 0 aliphatic rings. The van der Waals surface area contributed by atoms with Gasteiger partial charge in [-0.1, -0.05) is 17.7 Å². The van der Waals surface area contributed by atoms with Gasteiger partial charge in [-0.2, -0.15) is 0 Å². The van der Waals surface area contributed by atoms with Gasteiger partial charge in [0.05, 0.1) is 23.9 Å². The molecule has 2 aromatic rings. The van der Waals surface area contributed by atoms with Gasteiger partial charge in [-0.15, -0.1) is 0 Å². The number of benzene rings is 1. The lowest BCUT2D eigenvalue weighted by Gasteiger charge is -2.05. The molecule has 0 radical (unpaired) electrons. The second-order valence-electron chi connectivity index (χ2n) is 5.48. The number of hydrogen-bond acceptors (Lipinski definition) is 5. The molecular weight excluding hydrogens is 310 g/mol. The average molecular weight is 329 g/mol. The number of aromatic amines is 1. The lowest BCUT2D eigenvalue weighted by molar-refractivity contribution is 0.0473. The van der Waals surface area contributed by atoms with Crippen molar-refractivity contribution in [2.24, 2.45) is 0 Å². The van der Waals surface area contributed by atoms with Crippen LogP contribution in [0.3, 0.4) is 0 Å². The Kier molecular flexibility index (Phi) is 5.18. The Morgan fingerprint density at radius 1 is 1.00 bits per heavy atom. The Bertz CT molecular complexity index is 786. The SMILES string of the molecule is COC(=O)c1c(C)[nH]c(C(=O)COC(=O)c2ccc(C)cc2)c1C. The number of methoxy groups -OCH3 is 1. The fourth-order valence-corrected chi connectivity index (χ4v) is 2.41. The quantitative estimate of drug-likeness (QED) is 0.673. The van der Waals surface area contributed by atoms with Crippen molar-refractivity contribution >= 4 is 17.7 Å². The topological polar surface area (TPSA) is 85.5 Å². The van der Waals surface area contributed by atoms with Crippen molar-refractivity contribution in [2.45, 2.75) is 20.8 Å². The van der Waals surface area contributed by atoms with Gasteiger partial charge < -0.3 is 14.5 Å². The molecule has 126 valence electrons. The summed E-state index contributed by atoms with van der Waals surface area (Å²) >= 11 is 0. The van der Waals surface area contributed by atoms with Crippen molar-refractivity contribution in [3.63, 3.8) is 0 Å². The largest absolute Gasteiger partial charge is 0.465 e. The average Bonchev–Trinajstić information content (AvgIpc) is 2.87. The molecule has 0 fully saturated rings. The number of aromatic nitrogens is 1. The van der Waals surface area contributed by atoms with E-state index in [2.05, 4.69) is 4.98 Å². The van der Waals surface area contributed by atoms with Gasteiger partial charge in [0, 0.05) is 5.69 Å². The molecule has 0 spiro atoms. The van der Waals surface area contributed by atoms with Gasteiger partial charge in [0.15, 0.2) is 6.61 Å². The number of rotatable bonds is 5. The van der Waals surface area contributed by atoms with Gasteiger partial charge in [-0.3, -0.25) is 4.79 Å². The number of ketones is 1. The van der Waals surface area contributed by atoms with Crippen molar-refractivity contribution in [3.8, 4) is 0 Å². The molecular formula is C18H19NO5. The molecule has 6 heteroatoms. The fraction of sp³-hybridized carbons (Fsp3) is 0.278. The van der Waals surface area contributed by atoms with Crippen LogP contribution in [0.4, 0.5) is 0 Å². The summed E-state index contributed by atoms with van der Waals surface area (Å²) in [5.74, 6) is -1.50. The number of ether oxygens (including phenoxy) is 2. The number of esters is 2. The van der Waals surface area contributed by atoms with E-state index in [1.54, 1.807) is 38.1 Å². The molecule has 0 amide bonds. The van der Waals surface area contributed by atoms with Crippen molar-refractivity contribution in [2.75, 3.05) is 13.7 Å². The molecule has 1 N–H and O–H groups in total. The molecule has 0 unspecified atom stereocenters. The number of nitrogens with one attached hydrogen (secondary N) is 1. The summed E-state index contributed by atoms with van der Waals surface area (Å²) in [6.07, 6.45) is 0. The number of carbonyl (C=O) groups excluding carboxylic acids is 3. The molecule has 1 aromatic heterocycles. The van der Waals surface area contributed by atoms with Crippen LogP contribution >= 0.6 is 0 Å². The second-order valence-corrected chi connectivity index (χ2v) is 5.48. The van der Waals surface area contributed by atoms with Crippen LogP contribution in [-0.4, -0.2) is 36.4 Å². The third-order valence-electron chi connectivity index (χ3n) is 3.73. The summed E-state index contributed by atoms with van der Waals surface area (Å²) in [5, 5.41) is 0. The van der Waals surface area contributed by atoms with Crippen LogP contribution in [0.15, 0.2) is 24.3 Å². The van der Waals surface area contributed by atoms with Crippen LogP contribution in [0.5, 0.6) is 0 Å². The normalized spacial score (nSPS) is 10.3. The van der Waals surface area contributed by atoms with E-state index in [-0.39, 0.29) is 5.69 Å². The lowest BCUT2D eigenvalue weighted by atomic mass is 10.1. The summed E-state index contributed by atoms with van der Waals surface area (Å²) < 4.78 is 9.75. The maximum Gasteiger partial charge on any atom is 0.339 e. The molecule has 6 nitrogen and oxygen atoms in total. The van der Waals surface area contributed by atoms with E-state index in [0.29, 0.717) is 22.4 Å². The highest BCUT2D eigenvalue weighted by atomic mass is 16.5. The molecule has 0 aliphatic heterocycles. The van der Waals surface area contributed by atoms with Crippen LogP contribution in [0.1, 0.15) is 48.0 Å². The Hall–Kier alpha value is -2.89. The Balaban J connectivity index is 2.09. The maximum atomic E-state index is 12.3. The highest BCUT2D eigenvalue weighted by molar-refractivity contribution is 6.03. The van der Waals surface area contributed by atoms with Crippen LogP contribution < -0.4 is 0 Å². The van der Waals surface area contributed by atoms with E-state index in [0.717, 1.165) is 5.56 Å². The van der Waals surface area contributed by atoms with Crippen molar-refractivity contribution in [1.82, 2.24) is 4.98 Å².